The first kappa shape index (κ1) is 30.8. The number of nitrogens with one attached hydrogen (secondary N) is 1. The first-order valence-corrected chi connectivity index (χ1v) is 13.5. The highest BCUT2D eigenvalue weighted by Gasteiger charge is 2.23. The maximum absolute atomic E-state index is 14.3. The molecule has 0 saturated heterocycles. The molecule has 210 valence electrons. The molecule has 0 spiro atoms. The molecule has 1 atom stereocenters. The third kappa shape index (κ3) is 6.09. The Kier molecular flexibility index (Phi) is 8.60. The summed E-state index contributed by atoms with van der Waals surface area (Å²) in [5.74, 6) is 7.79. The van der Waals surface area contributed by atoms with E-state index in [2.05, 4.69) is 38.3 Å². The molecule has 1 amide bonds. The summed E-state index contributed by atoms with van der Waals surface area (Å²) in [6, 6.07) is 8.01. The Labute approximate surface area is 264 Å². The van der Waals surface area contributed by atoms with Gasteiger partial charge in [-0.3, -0.25) is 14.3 Å². The standard InChI is InChI=1S/C31H22B4N8O2/c1-4-21(32)26(34)27(35)22(33)16-42-23(17(2)39-30(44)25-28(36)40-43-12-6-11-37-29(25)43)13-20-8-5-7-19(24(20)31(42)45)10-9-18-14-38-41(3)15-18/h1,5-8,11-15,17H,16H2,2-3H3,(H2,36,40)(H,39,44)/b26-21-,27-22-/t17-/m0/s1. The second kappa shape index (κ2) is 12.6. The van der Waals surface area contributed by atoms with Crippen molar-refractivity contribution in [3.8, 4) is 24.2 Å². The van der Waals surface area contributed by atoms with E-state index >= 15 is 0 Å². The van der Waals surface area contributed by atoms with Gasteiger partial charge >= 0.3 is 0 Å². The summed E-state index contributed by atoms with van der Waals surface area (Å²) < 4.78 is 4.43. The summed E-state index contributed by atoms with van der Waals surface area (Å²) in [7, 11) is 26.1. The predicted molar refractivity (Wildman–Crippen MR) is 177 cm³/mol. The first-order valence-electron chi connectivity index (χ1n) is 13.5. The zero-order valence-electron chi connectivity index (χ0n) is 24.4. The molecule has 0 aliphatic carbocycles. The number of hydrogen-bond acceptors (Lipinski definition) is 6. The van der Waals surface area contributed by atoms with Gasteiger partial charge in [-0.15, -0.1) is 27.9 Å². The highest BCUT2D eigenvalue weighted by Crippen LogP contribution is 2.23. The fraction of sp³-hybridized carbons (Fsp3) is 0.129. The summed E-state index contributed by atoms with van der Waals surface area (Å²) in [6.07, 6.45) is 11.9. The van der Waals surface area contributed by atoms with E-state index in [1.165, 1.54) is 15.3 Å². The summed E-state index contributed by atoms with van der Waals surface area (Å²) in [6.45, 7) is 1.50. The van der Waals surface area contributed by atoms with Gasteiger partial charge in [0.25, 0.3) is 11.5 Å². The minimum atomic E-state index is -0.740. The second-order valence-electron chi connectivity index (χ2n) is 10.1. The van der Waals surface area contributed by atoms with Crippen LogP contribution in [0, 0.1) is 24.2 Å². The van der Waals surface area contributed by atoms with E-state index < -0.39 is 17.5 Å². The first-order chi connectivity index (χ1) is 21.5. The number of hydrogen-bond donors (Lipinski definition) is 2. The fourth-order valence-corrected chi connectivity index (χ4v) is 4.79. The smallest absolute Gasteiger partial charge is 0.260 e. The number of nitrogens with zero attached hydrogens (tertiary/aromatic N) is 6. The Hall–Kier alpha value is -5.61. The van der Waals surface area contributed by atoms with Crippen molar-refractivity contribution in [2.45, 2.75) is 19.5 Å². The van der Waals surface area contributed by atoms with Gasteiger partial charge in [-0.25, -0.2) is 9.50 Å². The molecule has 0 fully saturated rings. The van der Waals surface area contributed by atoms with Crippen molar-refractivity contribution in [1.29, 1.82) is 0 Å². The van der Waals surface area contributed by atoms with E-state index in [-0.39, 0.29) is 45.5 Å². The number of nitrogens with two attached hydrogens (primary N) is 1. The lowest BCUT2D eigenvalue weighted by Gasteiger charge is -2.23. The highest BCUT2D eigenvalue weighted by atomic mass is 16.2. The average molecular weight is 582 g/mol. The fourth-order valence-electron chi connectivity index (χ4n) is 4.79. The number of benzene rings is 1. The van der Waals surface area contributed by atoms with Gasteiger partial charge in [0.1, 0.15) is 36.9 Å². The van der Waals surface area contributed by atoms with Crippen LogP contribution in [-0.2, 0) is 13.6 Å². The Balaban J connectivity index is 1.65. The second-order valence-corrected chi connectivity index (χ2v) is 10.1. The molecular formula is C31H22B4N8O2. The Bertz CT molecular complexity index is 2230. The number of carbonyl (C=O) groups excluding carboxylic acids is 1. The third-order valence-corrected chi connectivity index (χ3v) is 7.07. The van der Waals surface area contributed by atoms with Gasteiger partial charge in [0.2, 0.25) is 0 Å². The van der Waals surface area contributed by atoms with Gasteiger partial charge < -0.3 is 15.6 Å². The van der Waals surface area contributed by atoms with Gasteiger partial charge in [-0.2, -0.15) is 5.10 Å². The molecule has 0 unspecified atom stereocenters. The largest absolute Gasteiger partial charge is 0.381 e. The van der Waals surface area contributed by atoms with Crippen LogP contribution >= 0.6 is 0 Å². The zero-order valence-corrected chi connectivity index (χ0v) is 24.4. The lowest BCUT2D eigenvalue weighted by Crippen LogP contribution is -2.33. The molecule has 5 aromatic rings. The number of terminal acetylenes is 1. The molecule has 45 heavy (non-hydrogen) atoms. The van der Waals surface area contributed by atoms with Gasteiger partial charge in [-0.1, -0.05) is 35.4 Å². The summed E-state index contributed by atoms with van der Waals surface area (Å²) in [5, 5.41) is 12.1. The molecule has 4 heterocycles. The maximum atomic E-state index is 14.3. The zero-order chi connectivity index (χ0) is 32.4. The van der Waals surface area contributed by atoms with Crippen LogP contribution in [-0.4, -0.2) is 66.2 Å². The minimum absolute atomic E-state index is 0.000509. The molecule has 1 aromatic carbocycles. The van der Waals surface area contributed by atoms with E-state index in [0.717, 1.165) is 0 Å². The lowest BCUT2D eigenvalue weighted by molar-refractivity contribution is 0.0940. The molecule has 4 aromatic heterocycles. The third-order valence-electron chi connectivity index (χ3n) is 7.07. The van der Waals surface area contributed by atoms with E-state index in [4.69, 9.17) is 43.5 Å². The Morgan fingerprint density at radius 1 is 1.16 bits per heavy atom. The number of pyridine rings is 1. The van der Waals surface area contributed by atoms with Crippen LogP contribution in [0.2, 0.25) is 0 Å². The predicted octanol–water partition coefficient (Wildman–Crippen LogP) is 0.981. The molecular weight excluding hydrogens is 560 g/mol. The number of rotatable bonds is 6. The van der Waals surface area contributed by atoms with Crippen LogP contribution in [0.1, 0.15) is 40.1 Å². The normalized spacial score (nSPS) is 12.9. The van der Waals surface area contributed by atoms with Crippen LogP contribution in [0.4, 0.5) is 5.82 Å². The van der Waals surface area contributed by atoms with Gasteiger partial charge in [0.05, 0.1) is 23.2 Å². The van der Waals surface area contributed by atoms with Crippen molar-refractivity contribution in [3.05, 3.63) is 110 Å². The summed E-state index contributed by atoms with van der Waals surface area (Å²) in [4.78, 5) is 32.0. The van der Waals surface area contributed by atoms with E-state index in [1.807, 2.05) is 0 Å². The molecule has 10 nitrogen and oxygen atoms in total. The lowest BCUT2D eigenvalue weighted by atomic mass is 9.66. The average Bonchev–Trinajstić information content (AvgIpc) is 3.60. The maximum Gasteiger partial charge on any atom is 0.260 e. The van der Waals surface area contributed by atoms with Crippen LogP contribution < -0.4 is 16.6 Å². The van der Waals surface area contributed by atoms with Gasteiger partial charge in [0.15, 0.2) is 11.5 Å². The van der Waals surface area contributed by atoms with Crippen LogP contribution in [0.3, 0.4) is 0 Å². The number of fused-ring (bicyclic) bond motifs is 2. The van der Waals surface area contributed by atoms with Crippen molar-refractivity contribution >= 4 is 59.5 Å². The molecule has 0 aliphatic heterocycles. The van der Waals surface area contributed by atoms with Crippen molar-refractivity contribution in [2.75, 3.05) is 5.73 Å². The summed E-state index contributed by atoms with van der Waals surface area (Å²) >= 11 is 0. The molecule has 0 aliphatic rings. The van der Waals surface area contributed by atoms with Gasteiger partial charge in [-0.05, 0) is 30.5 Å². The Morgan fingerprint density at radius 2 is 1.93 bits per heavy atom. The van der Waals surface area contributed by atoms with Crippen LogP contribution in [0.15, 0.2) is 81.8 Å². The SMILES string of the molecule is [B]/C(C#C)=C([B])/C([B])=C(/[B])Cn1c([C@H](C)NC(=O)c2c(N)nn3cccnc23)cc2cccc(C#Cc3cnn(C)c3)c2c1=O. The number of aromatic nitrogens is 6. The van der Waals surface area contributed by atoms with Crippen molar-refractivity contribution in [1.82, 2.24) is 34.3 Å². The number of aryl methyl sites for hydroxylation is 1. The number of allylic oxidation sites excluding steroid dienone is 4. The molecule has 5 rings (SSSR count). The van der Waals surface area contributed by atoms with Crippen molar-refractivity contribution in [2.24, 2.45) is 7.05 Å². The summed E-state index contributed by atoms with van der Waals surface area (Å²) in [5.41, 5.74) is 7.34. The molecule has 8 radical (unpaired) electrons. The number of anilines is 1. The number of carbonyl (C=O) groups is 1. The van der Waals surface area contributed by atoms with E-state index in [9.17, 15) is 9.59 Å². The van der Waals surface area contributed by atoms with E-state index in [1.54, 1.807) is 67.6 Å². The van der Waals surface area contributed by atoms with Crippen LogP contribution in [0.25, 0.3) is 16.4 Å². The molecule has 14 heteroatoms. The van der Waals surface area contributed by atoms with Crippen molar-refractivity contribution < 1.29 is 4.79 Å². The van der Waals surface area contributed by atoms with Crippen molar-refractivity contribution in [3.63, 3.8) is 0 Å². The van der Waals surface area contributed by atoms with Crippen LogP contribution in [0.5, 0.6) is 0 Å². The molecule has 0 bridgehead atoms. The van der Waals surface area contributed by atoms with Gasteiger partial charge in [0, 0.05) is 43.4 Å². The van der Waals surface area contributed by atoms with E-state index in [0.29, 0.717) is 27.6 Å². The Morgan fingerprint density at radius 3 is 2.64 bits per heavy atom. The topological polar surface area (TPSA) is 125 Å². The highest BCUT2D eigenvalue weighted by molar-refractivity contribution is 6.44. The molecule has 3 N–H and O–H groups in total. The monoisotopic (exact) mass is 582 g/mol. The molecule has 0 saturated carbocycles. The quantitative estimate of drug-likeness (QED) is 0.175. The number of nitrogen functional groups attached to an aromatic ring is 1. The number of amides is 1. The minimum Gasteiger partial charge on any atom is -0.381 e.